The van der Waals surface area contributed by atoms with Crippen molar-refractivity contribution >= 4 is 11.7 Å². The first kappa shape index (κ1) is 15.5. The second kappa shape index (κ2) is 6.25. The summed E-state index contributed by atoms with van der Waals surface area (Å²) in [5, 5.41) is 9.75. The van der Waals surface area contributed by atoms with Gasteiger partial charge in [-0.25, -0.2) is 0 Å². The molecule has 2 rings (SSSR count). The molecule has 0 spiro atoms. The number of likely N-dealkylation sites (tertiary alicyclic amines) is 1. The minimum Gasteiger partial charge on any atom is -0.369 e. The van der Waals surface area contributed by atoms with Crippen LogP contribution in [0.1, 0.15) is 18.5 Å². The smallest absolute Gasteiger partial charge is 0.369 e. The van der Waals surface area contributed by atoms with Crippen LogP contribution in [0.4, 0.5) is 19.0 Å². The molecular weight excluding hydrogens is 287 g/mol. The van der Waals surface area contributed by atoms with Crippen LogP contribution in [-0.4, -0.2) is 46.7 Å². The molecule has 0 radical (unpaired) electrons. The molecule has 0 aliphatic carbocycles. The van der Waals surface area contributed by atoms with Gasteiger partial charge >= 0.3 is 6.18 Å². The third-order valence-electron chi connectivity index (χ3n) is 3.27. The number of primary amides is 1. The molecular formula is C12H16F3N5O. The van der Waals surface area contributed by atoms with Crippen LogP contribution < -0.4 is 11.1 Å². The highest BCUT2D eigenvalue weighted by molar-refractivity contribution is 5.75. The summed E-state index contributed by atoms with van der Waals surface area (Å²) in [5.74, 6) is -0.0497. The second-order valence-corrected chi connectivity index (χ2v) is 4.96. The van der Waals surface area contributed by atoms with Crippen molar-refractivity contribution in [1.29, 1.82) is 0 Å². The van der Waals surface area contributed by atoms with Crippen molar-refractivity contribution < 1.29 is 18.0 Å². The fourth-order valence-electron chi connectivity index (χ4n) is 2.23. The number of nitrogens with zero attached hydrogens (tertiary/aromatic N) is 3. The molecule has 0 atom stereocenters. The van der Waals surface area contributed by atoms with Gasteiger partial charge in [0.1, 0.15) is 5.82 Å². The van der Waals surface area contributed by atoms with Crippen molar-refractivity contribution in [3.63, 3.8) is 0 Å². The lowest BCUT2D eigenvalue weighted by molar-refractivity contribution is -0.141. The summed E-state index contributed by atoms with van der Waals surface area (Å²) < 4.78 is 37.1. The number of aromatic nitrogens is 2. The van der Waals surface area contributed by atoms with E-state index in [-0.39, 0.29) is 18.5 Å². The highest BCUT2D eigenvalue weighted by atomic mass is 19.4. The van der Waals surface area contributed by atoms with Crippen molar-refractivity contribution in [2.75, 3.05) is 25.0 Å². The van der Waals surface area contributed by atoms with Crippen LogP contribution in [0.15, 0.2) is 12.1 Å². The van der Waals surface area contributed by atoms with Gasteiger partial charge in [0, 0.05) is 19.1 Å². The predicted molar refractivity (Wildman–Crippen MR) is 69.3 cm³/mol. The quantitative estimate of drug-likeness (QED) is 0.862. The van der Waals surface area contributed by atoms with Crippen molar-refractivity contribution in [1.82, 2.24) is 15.1 Å². The summed E-state index contributed by atoms with van der Waals surface area (Å²) in [6.45, 7) is 1.64. The molecule has 6 nitrogen and oxygen atoms in total. The summed E-state index contributed by atoms with van der Waals surface area (Å²) in [4.78, 5) is 12.8. The Morgan fingerprint density at radius 2 is 2.00 bits per heavy atom. The average Bonchev–Trinajstić information content (AvgIpc) is 2.40. The normalized spacial score (nSPS) is 17.7. The van der Waals surface area contributed by atoms with Gasteiger partial charge in [-0.1, -0.05) is 0 Å². The molecule has 3 N–H and O–H groups in total. The van der Waals surface area contributed by atoms with E-state index in [2.05, 4.69) is 15.5 Å². The predicted octanol–water partition coefficient (Wildman–Crippen LogP) is 0.857. The van der Waals surface area contributed by atoms with Gasteiger partial charge in [0.15, 0.2) is 5.69 Å². The Hall–Kier alpha value is -1.90. The first-order chi connectivity index (χ1) is 9.84. The van der Waals surface area contributed by atoms with Gasteiger partial charge in [-0.05, 0) is 25.0 Å². The third kappa shape index (κ3) is 4.55. The van der Waals surface area contributed by atoms with E-state index in [1.807, 2.05) is 4.90 Å². The number of anilines is 1. The van der Waals surface area contributed by atoms with Crippen LogP contribution >= 0.6 is 0 Å². The van der Waals surface area contributed by atoms with Crippen molar-refractivity contribution in [3.05, 3.63) is 17.8 Å². The van der Waals surface area contributed by atoms with Gasteiger partial charge in [-0.3, -0.25) is 9.69 Å². The molecule has 0 aromatic carbocycles. The number of carbonyl (C=O) groups excluding carboxylic acids is 1. The molecule has 1 aromatic rings. The standard InChI is InChI=1S/C12H16F3N5O/c13-12(14,15)9-1-2-11(19-18-9)17-8-3-5-20(6-4-8)7-10(16)21/h1-2,8H,3-7H2,(H2,16,21)(H,17,19). The molecule has 1 aliphatic heterocycles. The fourth-order valence-corrected chi connectivity index (χ4v) is 2.23. The average molecular weight is 303 g/mol. The molecule has 9 heteroatoms. The number of nitrogens with two attached hydrogens (primary N) is 1. The molecule has 1 saturated heterocycles. The van der Waals surface area contributed by atoms with E-state index < -0.39 is 11.9 Å². The van der Waals surface area contributed by atoms with Crippen LogP contribution in [0.2, 0.25) is 0 Å². The van der Waals surface area contributed by atoms with Crippen molar-refractivity contribution in [2.24, 2.45) is 5.73 Å². The van der Waals surface area contributed by atoms with Crippen molar-refractivity contribution in [2.45, 2.75) is 25.1 Å². The molecule has 116 valence electrons. The number of nitrogens with one attached hydrogen (secondary N) is 1. The fraction of sp³-hybridized carbons (Fsp3) is 0.583. The van der Waals surface area contributed by atoms with Crippen LogP contribution in [0, 0.1) is 0 Å². The molecule has 1 aliphatic rings. The van der Waals surface area contributed by atoms with Crippen LogP contribution in [0.25, 0.3) is 0 Å². The van der Waals surface area contributed by atoms with Crippen LogP contribution in [0.3, 0.4) is 0 Å². The third-order valence-corrected chi connectivity index (χ3v) is 3.27. The van der Waals surface area contributed by atoms with Crippen LogP contribution in [0.5, 0.6) is 0 Å². The Labute approximate surface area is 119 Å². The van der Waals surface area contributed by atoms with E-state index in [1.165, 1.54) is 6.07 Å². The van der Waals surface area contributed by atoms with Gasteiger partial charge in [0.25, 0.3) is 0 Å². The molecule has 21 heavy (non-hydrogen) atoms. The summed E-state index contributed by atoms with van der Waals surface area (Å²) in [6, 6.07) is 2.27. The van der Waals surface area contributed by atoms with Gasteiger partial charge in [0.05, 0.1) is 6.54 Å². The molecule has 0 bridgehead atoms. The van der Waals surface area contributed by atoms with E-state index >= 15 is 0 Å². The highest BCUT2D eigenvalue weighted by Crippen LogP contribution is 2.27. The largest absolute Gasteiger partial charge is 0.435 e. The number of alkyl halides is 3. The minimum absolute atomic E-state index is 0.0974. The van der Waals surface area contributed by atoms with E-state index in [9.17, 15) is 18.0 Å². The number of piperidine rings is 1. The Morgan fingerprint density at radius 3 is 2.48 bits per heavy atom. The highest BCUT2D eigenvalue weighted by Gasteiger charge is 2.33. The van der Waals surface area contributed by atoms with E-state index in [0.29, 0.717) is 18.9 Å². The summed E-state index contributed by atoms with van der Waals surface area (Å²) in [7, 11) is 0. The lowest BCUT2D eigenvalue weighted by Gasteiger charge is -2.31. The zero-order valence-corrected chi connectivity index (χ0v) is 11.2. The zero-order valence-electron chi connectivity index (χ0n) is 11.2. The van der Waals surface area contributed by atoms with Gasteiger partial charge in [-0.2, -0.15) is 13.2 Å². The van der Waals surface area contributed by atoms with E-state index in [1.54, 1.807) is 0 Å². The van der Waals surface area contributed by atoms with Gasteiger partial charge < -0.3 is 11.1 Å². The molecule has 2 heterocycles. The van der Waals surface area contributed by atoms with Crippen molar-refractivity contribution in [3.8, 4) is 0 Å². The monoisotopic (exact) mass is 303 g/mol. The lowest BCUT2D eigenvalue weighted by Crippen LogP contribution is -2.43. The number of rotatable bonds is 4. The topological polar surface area (TPSA) is 84.1 Å². The van der Waals surface area contributed by atoms with Gasteiger partial charge in [-0.15, -0.1) is 10.2 Å². The Balaban J connectivity index is 1.85. The summed E-state index contributed by atoms with van der Waals surface area (Å²) in [6.07, 6.45) is -2.96. The zero-order chi connectivity index (χ0) is 15.5. The number of carbonyl (C=O) groups is 1. The summed E-state index contributed by atoms with van der Waals surface area (Å²) in [5.41, 5.74) is 4.11. The molecule has 0 unspecified atom stereocenters. The first-order valence-corrected chi connectivity index (χ1v) is 6.53. The lowest BCUT2D eigenvalue weighted by atomic mass is 10.1. The summed E-state index contributed by atoms with van der Waals surface area (Å²) >= 11 is 0. The Kier molecular flexibility index (Phi) is 4.61. The number of halogens is 3. The minimum atomic E-state index is -4.48. The van der Waals surface area contributed by atoms with Crippen LogP contribution in [-0.2, 0) is 11.0 Å². The molecule has 0 saturated carbocycles. The SMILES string of the molecule is NC(=O)CN1CCC(Nc2ccc(C(F)(F)F)nn2)CC1. The Bertz CT molecular complexity index is 483. The number of amides is 1. The van der Waals surface area contributed by atoms with E-state index in [0.717, 1.165) is 18.9 Å². The second-order valence-electron chi connectivity index (χ2n) is 4.96. The Morgan fingerprint density at radius 1 is 1.33 bits per heavy atom. The maximum absolute atomic E-state index is 12.4. The maximum atomic E-state index is 12.4. The van der Waals surface area contributed by atoms with E-state index in [4.69, 9.17) is 5.73 Å². The molecule has 1 aromatic heterocycles. The maximum Gasteiger partial charge on any atom is 0.435 e. The van der Waals surface area contributed by atoms with Gasteiger partial charge in [0.2, 0.25) is 5.91 Å². The number of hydrogen-bond acceptors (Lipinski definition) is 5. The number of hydrogen-bond donors (Lipinski definition) is 2. The molecule has 1 amide bonds. The first-order valence-electron chi connectivity index (χ1n) is 6.53. The molecule has 1 fully saturated rings.